The molecule has 1 saturated carbocycles. The number of nitrogens with one attached hydrogen (secondary N) is 1. The zero-order chi connectivity index (χ0) is 21.8. The van der Waals surface area contributed by atoms with Gasteiger partial charge in [0.05, 0.1) is 18.7 Å². The van der Waals surface area contributed by atoms with Crippen LogP contribution >= 0.6 is 0 Å². The van der Waals surface area contributed by atoms with Crippen molar-refractivity contribution < 1.29 is 23.9 Å². The lowest BCUT2D eigenvalue weighted by Gasteiger charge is -2.39. The van der Waals surface area contributed by atoms with Crippen LogP contribution in [0.1, 0.15) is 46.5 Å². The van der Waals surface area contributed by atoms with Crippen molar-refractivity contribution in [3.63, 3.8) is 0 Å². The first-order chi connectivity index (χ1) is 14.3. The van der Waals surface area contributed by atoms with Crippen LogP contribution in [0.4, 0.5) is 5.69 Å². The molecule has 1 aromatic carbocycles. The molecule has 1 N–H and O–H groups in total. The first kappa shape index (κ1) is 22.1. The van der Waals surface area contributed by atoms with Gasteiger partial charge in [-0.1, -0.05) is 38.8 Å². The minimum absolute atomic E-state index is 0.00836. The maximum atomic E-state index is 12.6. The molecule has 0 aromatic heterocycles. The molecule has 0 unspecified atom stereocenters. The van der Waals surface area contributed by atoms with E-state index >= 15 is 0 Å². The van der Waals surface area contributed by atoms with Crippen molar-refractivity contribution in [2.45, 2.75) is 58.6 Å². The number of hydrogen-bond acceptors (Lipinski definition) is 5. The number of likely N-dealkylation sites (tertiary alicyclic amines) is 1. The Kier molecular flexibility index (Phi) is 7.00. The van der Waals surface area contributed by atoms with Crippen molar-refractivity contribution in [1.29, 1.82) is 0 Å². The smallest absolute Gasteiger partial charge is 0.312 e. The van der Waals surface area contributed by atoms with E-state index in [0.717, 1.165) is 12.8 Å². The highest BCUT2D eigenvalue weighted by Gasteiger charge is 2.42. The number of anilines is 1. The van der Waals surface area contributed by atoms with Crippen molar-refractivity contribution in [2.75, 3.05) is 19.0 Å². The summed E-state index contributed by atoms with van der Waals surface area (Å²) in [4.78, 5) is 39.6. The molecule has 5 atom stereocenters. The molecule has 1 aliphatic carbocycles. The highest BCUT2D eigenvalue weighted by Crippen LogP contribution is 2.36. The normalized spacial score (nSPS) is 27.5. The van der Waals surface area contributed by atoms with E-state index in [1.807, 2.05) is 4.90 Å². The second-order valence-corrected chi connectivity index (χ2v) is 8.55. The van der Waals surface area contributed by atoms with Crippen molar-refractivity contribution >= 4 is 23.5 Å². The number of para-hydroxylation sites is 2. The van der Waals surface area contributed by atoms with Gasteiger partial charge in [-0.25, -0.2) is 0 Å². The number of methoxy groups -OCH3 is 1. The van der Waals surface area contributed by atoms with E-state index in [0.29, 0.717) is 29.8 Å². The fourth-order valence-corrected chi connectivity index (χ4v) is 4.51. The quantitative estimate of drug-likeness (QED) is 0.720. The third-order valence-electron chi connectivity index (χ3n) is 6.58. The Morgan fingerprint density at radius 1 is 1.20 bits per heavy atom. The van der Waals surface area contributed by atoms with Crippen LogP contribution in [0.5, 0.6) is 5.75 Å². The van der Waals surface area contributed by atoms with Gasteiger partial charge in [-0.2, -0.15) is 0 Å². The minimum Gasteiger partial charge on any atom is -0.495 e. The average Bonchev–Trinajstić information content (AvgIpc) is 3.12. The second-order valence-electron chi connectivity index (χ2n) is 8.55. The zero-order valence-electron chi connectivity index (χ0n) is 18.2. The maximum Gasteiger partial charge on any atom is 0.312 e. The molecule has 0 spiro atoms. The van der Waals surface area contributed by atoms with Gasteiger partial charge in [0.2, 0.25) is 5.91 Å². The Labute approximate surface area is 178 Å². The van der Waals surface area contributed by atoms with Crippen LogP contribution in [0.15, 0.2) is 24.3 Å². The Balaban J connectivity index is 1.56. The van der Waals surface area contributed by atoms with Gasteiger partial charge < -0.3 is 19.7 Å². The molecule has 1 aromatic rings. The van der Waals surface area contributed by atoms with Crippen LogP contribution in [0.25, 0.3) is 0 Å². The van der Waals surface area contributed by atoms with Crippen LogP contribution in [-0.2, 0) is 19.1 Å². The Morgan fingerprint density at radius 2 is 1.93 bits per heavy atom. The van der Waals surface area contributed by atoms with Crippen LogP contribution < -0.4 is 10.1 Å². The number of ether oxygens (including phenoxy) is 2. The number of amides is 2. The van der Waals surface area contributed by atoms with E-state index in [1.54, 1.807) is 24.3 Å². The number of carbonyl (C=O) groups excluding carboxylic acids is 3. The molecule has 2 fully saturated rings. The number of benzene rings is 1. The maximum absolute atomic E-state index is 12.6. The van der Waals surface area contributed by atoms with E-state index in [-0.39, 0.29) is 18.4 Å². The first-order valence-corrected chi connectivity index (χ1v) is 10.8. The molecule has 2 amide bonds. The summed E-state index contributed by atoms with van der Waals surface area (Å²) in [5.41, 5.74) is 0.510. The molecule has 0 radical (unpaired) electrons. The van der Waals surface area contributed by atoms with E-state index in [2.05, 4.69) is 19.2 Å². The first-order valence-electron chi connectivity index (χ1n) is 10.8. The second kappa shape index (κ2) is 9.49. The van der Waals surface area contributed by atoms with Crippen LogP contribution in [0.2, 0.25) is 0 Å². The topological polar surface area (TPSA) is 84.9 Å². The van der Waals surface area contributed by atoms with E-state index < -0.39 is 23.9 Å². The number of esters is 1. The van der Waals surface area contributed by atoms with Gasteiger partial charge in [0.25, 0.3) is 5.91 Å². The Hall–Kier alpha value is -2.57. The van der Waals surface area contributed by atoms with Crippen LogP contribution in [0, 0.1) is 17.8 Å². The van der Waals surface area contributed by atoms with Crippen LogP contribution in [0.3, 0.4) is 0 Å². The molecule has 164 valence electrons. The van der Waals surface area contributed by atoms with Crippen molar-refractivity contribution in [1.82, 2.24) is 4.90 Å². The van der Waals surface area contributed by atoms with E-state index in [1.165, 1.54) is 20.5 Å². The largest absolute Gasteiger partial charge is 0.495 e. The monoisotopic (exact) mass is 416 g/mol. The molecule has 0 bridgehead atoms. The lowest BCUT2D eigenvalue weighted by Crippen LogP contribution is -2.45. The number of nitrogens with zero attached hydrogens (tertiary/aromatic N) is 1. The fourth-order valence-electron chi connectivity index (χ4n) is 4.51. The molecule has 1 saturated heterocycles. The van der Waals surface area contributed by atoms with Gasteiger partial charge in [0, 0.05) is 19.0 Å². The molecule has 30 heavy (non-hydrogen) atoms. The van der Waals surface area contributed by atoms with Gasteiger partial charge in [-0.05, 0) is 37.3 Å². The summed E-state index contributed by atoms with van der Waals surface area (Å²) < 4.78 is 10.6. The molecule has 1 heterocycles. The summed E-state index contributed by atoms with van der Waals surface area (Å²) in [6, 6.07) is 7.21. The minimum atomic E-state index is -0.972. The third kappa shape index (κ3) is 4.77. The molecular formula is C23H32N2O5. The SMILES string of the molecule is COc1ccccc1NC(=O)[C@H](C)OC(=O)[C@@H]1CC(=O)N([C@H]2CCC[C@H](C)[C@H]2C)C1. The predicted octanol–water partition coefficient (Wildman–Crippen LogP) is 3.24. The number of hydrogen-bond donors (Lipinski definition) is 1. The van der Waals surface area contributed by atoms with Crippen molar-refractivity contribution in [3.05, 3.63) is 24.3 Å². The summed E-state index contributed by atoms with van der Waals surface area (Å²) in [5.74, 6) is 0.0628. The third-order valence-corrected chi connectivity index (χ3v) is 6.58. The summed E-state index contributed by atoms with van der Waals surface area (Å²) in [6.45, 7) is 6.32. The number of rotatable bonds is 6. The lowest BCUT2D eigenvalue weighted by atomic mass is 9.77. The molecule has 2 aliphatic rings. The molecule has 7 heteroatoms. The zero-order valence-corrected chi connectivity index (χ0v) is 18.2. The Morgan fingerprint density at radius 3 is 2.67 bits per heavy atom. The van der Waals surface area contributed by atoms with E-state index in [9.17, 15) is 14.4 Å². The lowest BCUT2D eigenvalue weighted by molar-refractivity contribution is -0.157. The fraction of sp³-hybridized carbons (Fsp3) is 0.609. The van der Waals surface area contributed by atoms with Crippen molar-refractivity contribution in [2.24, 2.45) is 17.8 Å². The summed E-state index contributed by atoms with van der Waals surface area (Å²) >= 11 is 0. The van der Waals surface area contributed by atoms with Crippen molar-refractivity contribution in [3.8, 4) is 5.75 Å². The summed E-state index contributed by atoms with van der Waals surface area (Å²) in [5, 5.41) is 2.72. The van der Waals surface area contributed by atoms with Gasteiger partial charge in [0.1, 0.15) is 5.75 Å². The van der Waals surface area contributed by atoms with Crippen LogP contribution in [-0.4, -0.2) is 48.5 Å². The van der Waals surface area contributed by atoms with E-state index in [4.69, 9.17) is 9.47 Å². The average molecular weight is 417 g/mol. The van der Waals surface area contributed by atoms with Gasteiger partial charge in [-0.15, -0.1) is 0 Å². The summed E-state index contributed by atoms with van der Waals surface area (Å²) in [6.07, 6.45) is 2.45. The highest BCUT2D eigenvalue weighted by atomic mass is 16.5. The standard InChI is InChI=1S/C23H32N2O5/c1-14-8-7-10-19(15(14)2)25-13-17(12-21(25)26)23(28)30-16(3)22(27)24-18-9-5-6-11-20(18)29-4/h5-6,9,11,14-17,19H,7-8,10,12-13H2,1-4H3,(H,24,27)/t14-,15+,16-,17+,19-/m0/s1. The molecule has 3 rings (SSSR count). The number of carbonyl (C=O) groups is 3. The van der Waals surface area contributed by atoms with Gasteiger partial charge >= 0.3 is 5.97 Å². The highest BCUT2D eigenvalue weighted by molar-refractivity contribution is 5.96. The van der Waals surface area contributed by atoms with Gasteiger partial charge in [-0.3, -0.25) is 14.4 Å². The summed E-state index contributed by atoms with van der Waals surface area (Å²) in [7, 11) is 1.52. The molecule has 7 nitrogen and oxygen atoms in total. The Bertz CT molecular complexity index is 796. The molecular weight excluding hydrogens is 384 g/mol. The predicted molar refractivity (Wildman–Crippen MR) is 113 cm³/mol. The molecule has 1 aliphatic heterocycles. The van der Waals surface area contributed by atoms with Gasteiger partial charge in [0.15, 0.2) is 6.10 Å².